The van der Waals surface area contributed by atoms with Crippen LogP contribution in [-0.2, 0) is 13.1 Å². The molecule has 2 fully saturated rings. The highest BCUT2D eigenvalue weighted by Crippen LogP contribution is 2.36. The lowest BCUT2D eigenvalue weighted by molar-refractivity contribution is -0.274. The topological polar surface area (TPSA) is 46.6 Å². The summed E-state index contributed by atoms with van der Waals surface area (Å²) in [6, 6.07) is 19.1. The zero-order valence-corrected chi connectivity index (χ0v) is 20.2. The molecule has 0 aliphatic carbocycles. The molecule has 2 aliphatic rings. The van der Waals surface area contributed by atoms with E-state index in [4.69, 9.17) is 4.74 Å². The summed E-state index contributed by atoms with van der Waals surface area (Å²) in [4.78, 5) is 6.97. The van der Waals surface area contributed by atoms with Gasteiger partial charge in [-0.3, -0.25) is 4.98 Å². The van der Waals surface area contributed by atoms with Crippen LogP contribution in [0.3, 0.4) is 0 Å². The van der Waals surface area contributed by atoms with Gasteiger partial charge in [-0.05, 0) is 86.3 Å². The van der Waals surface area contributed by atoms with Crippen LogP contribution in [0.15, 0.2) is 66.9 Å². The molecule has 0 radical (unpaired) electrons. The van der Waals surface area contributed by atoms with Crippen molar-refractivity contribution in [3.05, 3.63) is 78.0 Å². The summed E-state index contributed by atoms with van der Waals surface area (Å²) >= 11 is 0. The summed E-state index contributed by atoms with van der Waals surface area (Å²) in [6.45, 7) is 1.35. The Bertz CT molecular complexity index is 1140. The van der Waals surface area contributed by atoms with Crippen LogP contribution in [0.4, 0.5) is 13.2 Å². The first-order chi connectivity index (χ1) is 17.3. The number of rotatable bonds is 8. The maximum atomic E-state index is 12.3. The minimum atomic E-state index is -4.70. The van der Waals surface area contributed by atoms with Crippen LogP contribution in [0.1, 0.15) is 36.8 Å². The maximum absolute atomic E-state index is 12.3. The minimum Gasteiger partial charge on any atom is -0.490 e. The summed E-state index contributed by atoms with van der Waals surface area (Å²) in [7, 11) is 2.24. The van der Waals surface area contributed by atoms with Gasteiger partial charge in [0, 0.05) is 36.9 Å². The van der Waals surface area contributed by atoms with Crippen molar-refractivity contribution in [1.82, 2.24) is 15.2 Å². The van der Waals surface area contributed by atoms with Crippen LogP contribution in [0.5, 0.6) is 11.5 Å². The van der Waals surface area contributed by atoms with Gasteiger partial charge in [-0.15, -0.1) is 13.2 Å². The van der Waals surface area contributed by atoms with E-state index in [9.17, 15) is 13.2 Å². The molecule has 3 aromatic rings. The quantitative estimate of drug-likeness (QED) is 0.417. The Balaban J connectivity index is 1.11. The average molecular weight is 498 g/mol. The van der Waals surface area contributed by atoms with Gasteiger partial charge < -0.3 is 19.7 Å². The first kappa shape index (κ1) is 24.6. The molecule has 1 aromatic heterocycles. The van der Waals surface area contributed by atoms with E-state index in [1.165, 1.54) is 25.0 Å². The third kappa shape index (κ3) is 6.17. The lowest BCUT2D eigenvalue weighted by Crippen LogP contribution is -2.43. The molecule has 2 aromatic carbocycles. The molecule has 2 saturated heterocycles. The normalized spacial score (nSPS) is 21.9. The number of nitrogens with one attached hydrogen (secondary N) is 1. The van der Waals surface area contributed by atoms with Crippen LogP contribution in [0.25, 0.3) is 11.3 Å². The van der Waals surface area contributed by atoms with Crippen molar-refractivity contribution >= 4 is 0 Å². The van der Waals surface area contributed by atoms with Crippen LogP contribution in [-0.4, -0.2) is 41.5 Å². The summed E-state index contributed by atoms with van der Waals surface area (Å²) < 4.78 is 47.2. The van der Waals surface area contributed by atoms with E-state index >= 15 is 0 Å². The molecule has 5 rings (SSSR count). The Labute approximate surface area is 209 Å². The molecule has 3 heterocycles. The van der Waals surface area contributed by atoms with E-state index in [-0.39, 0.29) is 5.75 Å². The number of benzene rings is 2. The molecular weight excluding hydrogens is 467 g/mol. The Kier molecular flexibility index (Phi) is 7.16. The van der Waals surface area contributed by atoms with Crippen molar-refractivity contribution < 1.29 is 22.6 Å². The van der Waals surface area contributed by atoms with Crippen molar-refractivity contribution in [1.29, 1.82) is 0 Å². The van der Waals surface area contributed by atoms with Crippen molar-refractivity contribution in [2.45, 2.75) is 63.3 Å². The second-order valence-electron chi connectivity index (χ2n) is 9.64. The molecule has 8 heteroatoms. The van der Waals surface area contributed by atoms with Crippen LogP contribution < -0.4 is 14.8 Å². The van der Waals surface area contributed by atoms with Gasteiger partial charge in [0.05, 0.1) is 5.69 Å². The van der Waals surface area contributed by atoms with Crippen molar-refractivity contribution in [3.8, 4) is 22.8 Å². The zero-order chi connectivity index (χ0) is 25.1. The minimum absolute atomic E-state index is 0.250. The van der Waals surface area contributed by atoms with Gasteiger partial charge in [0.1, 0.15) is 17.6 Å². The summed E-state index contributed by atoms with van der Waals surface area (Å²) in [5.41, 5.74) is 3.59. The molecule has 1 N–H and O–H groups in total. The van der Waals surface area contributed by atoms with Crippen LogP contribution >= 0.6 is 0 Å². The van der Waals surface area contributed by atoms with E-state index < -0.39 is 6.36 Å². The molecule has 190 valence electrons. The molecule has 36 heavy (non-hydrogen) atoms. The third-order valence-corrected chi connectivity index (χ3v) is 7.12. The Morgan fingerprint density at radius 3 is 2.31 bits per heavy atom. The van der Waals surface area contributed by atoms with E-state index in [0.717, 1.165) is 35.3 Å². The summed E-state index contributed by atoms with van der Waals surface area (Å²) in [5, 5.41) is 3.44. The van der Waals surface area contributed by atoms with Crippen LogP contribution in [0.2, 0.25) is 0 Å². The van der Waals surface area contributed by atoms with Gasteiger partial charge in [0.15, 0.2) is 0 Å². The van der Waals surface area contributed by atoms with Crippen molar-refractivity contribution in [3.63, 3.8) is 0 Å². The second-order valence-corrected chi connectivity index (χ2v) is 9.64. The molecule has 0 saturated carbocycles. The first-order valence-electron chi connectivity index (χ1n) is 12.3. The highest BCUT2D eigenvalue weighted by molar-refractivity contribution is 5.60. The molecular formula is C28H30F3N3O2. The van der Waals surface area contributed by atoms with Gasteiger partial charge in [-0.25, -0.2) is 0 Å². The molecule has 0 amide bonds. The number of fused-ring (bicyclic) bond motifs is 2. The van der Waals surface area contributed by atoms with Gasteiger partial charge in [-0.2, -0.15) is 0 Å². The average Bonchev–Trinajstić information content (AvgIpc) is 3.05. The zero-order valence-electron chi connectivity index (χ0n) is 20.2. The predicted molar refractivity (Wildman–Crippen MR) is 132 cm³/mol. The van der Waals surface area contributed by atoms with Crippen molar-refractivity contribution in [2.24, 2.45) is 0 Å². The van der Waals surface area contributed by atoms with Gasteiger partial charge in [-0.1, -0.05) is 18.2 Å². The molecule has 2 atom stereocenters. The monoisotopic (exact) mass is 497 g/mol. The number of aromatic nitrogens is 1. The molecule has 0 unspecified atom stereocenters. The first-order valence-corrected chi connectivity index (χ1v) is 12.3. The number of piperidine rings is 1. The number of nitrogens with zero attached hydrogens (tertiary/aromatic N) is 2. The van der Waals surface area contributed by atoms with E-state index in [0.29, 0.717) is 37.0 Å². The Hall–Kier alpha value is -3.10. The smallest absolute Gasteiger partial charge is 0.490 e. The third-order valence-electron chi connectivity index (χ3n) is 7.12. The standard InChI is InChI=1S/C28H30F3N3O2/c1-34-22-8-9-23(34)15-26(14-22)35-25-4-2-3-19(13-25)16-32-17-20-5-12-27(33-18-20)21-6-10-24(11-7-21)36-28(29,30)31/h2-7,10-13,18,22-23,26,32H,8-9,14-17H2,1H3/t22-,23-/m0/s1. The number of halogens is 3. The largest absolute Gasteiger partial charge is 0.573 e. The fourth-order valence-electron chi connectivity index (χ4n) is 5.26. The molecule has 5 nitrogen and oxygen atoms in total. The fourth-order valence-corrected chi connectivity index (χ4v) is 5.26. The number of pyridine rings is 1. The molecule has 0 spiro atoms. The fraction of sp³-hybridized carbons (Fsp3) is 0.393. The number of alkyl halides is 3. The van der Waals surface area contributed by atoms with Gasteiger partial charge >= 0.3 is 6.36 Å². The number of hydrogen-bond donors (Lipinski definition) is 1. The van der Waals surface area contributed by atoms with Gasteiger partial charge in [0.25, 0.3) is 0 Å². The van der Waals surface area contributed by atoms with Gasteiger partial charge in [0.2, 0.25) is 0 Å². The van der Waals surface area contributed by atoms with E-state index in [1.54, 1.807) is 18.3 Å². The lowest BCUT2D eigenvalue weighted by atomic mass is 10.0. The highest BCUT2D eigenvalue weighted by Gasteiger charge is 2.39. The summed E-state index contributed by atoms with van der Waals surface area (Å²) in [6.07, 6.45) is 2.13. The molecule has 2 bridgehead atoms. The maximum Gasteiger partial charge on any atom is 0.573 e. The number of hydrogen-bond acceptors (Lipinski definition) is 5. The Morgan fingerprint density at radius 1 is 0.917 bits per heavy atom. The lowest BCUT2D eigenvalue weighted by Gasteiger charge is -2.36. The summed E-state index contributed by atoms with van der Waals surface area (Å²) in [5.74, 6) is 0.681. The second kappa shape index (κ2) is 10.5. The van der Waals surface area contributed by atoms with Crippen molar-refractivity contribution in [2.75, 3.05) is 7.05 Å². The SMILES string of the molecule is CN1[C@H]2CC[C@H]1CC(Oc1cccc(CNCc3ccc(-c4ccc(OC(F)(F)F)cc4)nc3)c1)C2. The van der Waals surface area contributed by atoms with E-state index in [2.05, 4.69) is 39.1 Å². The highest BCUT2D eigenvalue weighted by atomic mass is 19.4. The Morgan fingerprint density at radius 2 is 1.64 bits per heavy atom. The van der Waals surface area contributed by atoms with E-state index in [1.807, 2.05) is 24.3 Å². The number of ether oxygens (including phenoxy) is 2. The molecule has 2 aliphatic heterocycles. The van der Waals surface area contributed by atoms with Crippen LogP contribution in [0, 0.1) is 0 Å². The predicted octanol–water partition coefficient (Wildman–Crippen LogP) is 5.94.